The first-order valence-corrected chi connectivity index (χ1v) is 5.46. The second kappa shape index (κ2) is 3.93. The number of nitrogens with zero attached hydrogens (tertiary/aromatic N) is 2. The van der Waals surface area contributed by atoms with E-state index in [1.54, 1.807) is 12.4 Å². The molecule has 0 saturated heterocycles. The number of rotatable bonds is 1. The van der Waals surface area contributed by atoms with Crippen molar-refractivity contribution in [3.8, 4) is 11.8 Å². The fourth-order valence-corrected chi connectivity index (χ4v) is 2.17. The highest BCUT2D eigenvalue weighted by Crippen LogP contribution is 2.41. The van der Waals surface area contributed by atoms with Gasteiger partial charge < -0.3 is 10.5 Å². The van der Waals surface area contributed by atoms with Crippen molar-refractivity contribution >= 4 is 0 Å². The maximum Gasteiger partial charge on any atom is 0.205 e. The minimum Gasteiger partial charge on any atom is -0.440 e. The van der Waals surface area contributed by atoms with Gasteiger partial charge in [-0.05, 0) is 6.07 Å². The predicted molar refractivity (Wildman–Crippen MR) is 64.3 cm³/mol. The lowest BCUT2D eigenvalue weighted by molar-refractivity contribution is 0.393. The highest BCUT2D eigenvalue weighted by atomic mass is 16.5. The zero-order valence-electron chi connectivity index (χ0n) is 9.42. The maximum absolute atomic E-state index is 9.26. The van der Waals surface area contributed by atoms with Crippen LogP contribution in [0.15, 0.2) is 48.1 Å². The molecule has 1 aromatic carbocycles. The van der Waals surface area contributed by atoms with Crippen LogP contribution in [0.5, 0.6) is 5.75 Å². The number of benzene rings is 1. The molecule has 1 aromatic heterocycles. The summed E-state index contributed by atoms with van der Waals surface area (Å²) in [6, 6.07) is 9.66. The topological polar surface area (TPSA) is 87.7 Å². The van der Waals surface area contributed by atoms with Crippen molar-refractivity contribution in [3.05, 3.63) is 59.2 Å². The summed E-state index contributed by atoms with van der Waals surface area (Å²) in [5.41, 5.74) is 8.03. The molecular formula is C13H10N4O. The molecule has 0 saturated carbocycles. The first-order chi connectivity index (χ1) is 8.81. The Morgan fingerprint density at radius 1 is 1.39 bits per heavy atom. The SMILES string of the molecule is N#CC1=C(N)Oc2ccccc2C1c1cn[nH]c1. The van der Waals surface area contributed by atoms with Gasteiger partial charge in [0.25, 0.3) is 0 Å². The van der Waals surface area contributed by atoms with Crippen LogP contribution in [-0.4, -0.2) is 10.2 Å². The van der Waals surface area contributed by atoms with Crippen LogP contribution in [0, 0.1) is 11.3 Å². The van der Waals surface area contributed by atoms with Crippen LogP contribution in [0.2, 0.25) is 0 Å². The smallest absolute Gasteiger partial charge is 0.205 e. The Kier molecular flexibility index (Phi) is 2.27. The molecule has 1 atom stereocenters. The number of nitriles is 1. The highest BCUT2D eigenvalue weighted by molar-refractivity contribution is 5.54. The lowest BCUT2D eigenvalue weighted by Gasteiger charge is -2.25. The van der Waals surface area contributed by atoms with Gasteiger partial charge >= 0.3 is 0 Å². The third-order valence-corrected chi connectivity index (χ3v) is 2.98. The van der Waals surface area contributed by atoms with Crippen LogP contribution in [-0.2, 0) is 0 Å². The summed E-state index contributed by atoms with van der Waals surface area (Å²) in [6.45, 7) is 0. The third-order valence-electron chi connectivity index (χ3n) is 2.98. The van der Waals surface area contributed by atoms with Crippen LogP contribution >= 0.6 is 0 Å². The molecule has 88 valence electrons. The van der Waals surface area contributed by atoms with Gasteiger partial charge in [-0.3, -0.25) is 5.10 Å². The predicted octanol–water partition coefficient (Wildman–Crippen LogP) is 1.63. The number of hydrogen-bond acceptors (Lipinski definition) is 4. The first kappa shape index (κ1) is 10.4. The summed E-state index contributed by atoms with van der Waals surface area (Å²) in [6.07, 6.45) is 3.45. The zero-order valence-corrected chi connectivity index (χ0v) is 9.42. The molecule has 1 aliphatic rings. The van der Waals surface area contributed by atoms with Gasteiger partial charge in [0.05, 0.1) is 12.1 Å². The molecule has 0 spiro atoms. The minimum atomic E-state index is -0.223. The van der Waals surface area contributed by atoms with Crippen LogP contribution in [0.4, 0.5) is 0 Å². The van der Waals surface area contributed by atoms with Gasteiger partial charge in [-0.1, -0.05) is 18.2 Å². The van der Waals surface area contributed by atoms with E-state index in [0.29, 0.717) is 11.3 Å². The van der Waals surface area contributed by atoms with Gasteiger partial charge in [0.15, 0.2) is 0 Å². The Bertz CT molecular complexity index is 652. The average molecular weight is 238 g/mol. The van der Waals surface area contributed by atoms with Gasteiger partial charge in [0, 0.05) is 17.3 Å². The second-order valence-electron chi connectivity index (χ2n) is 3.99. The van der Waals surface area contributed by atoms with E-state index in [0.717, 1.165) is 11.1 Å². The second-order valence-corrected chi connectivity index (χ2v) is 3.99. The Balaban J connectivity index is 2.23. The third kappa shape index (κ3) is 1.44. The standard InChI is InChI=1S/C13H10N4O/c14-5-10-12(8-6-16-17-7-8)9-3-1-2-4-11(9)18-13(10)15/h1-4,6-7,12H,15H2,(H,16,17). The van der Waals surface area contributed by atoms with Crippen LogP contribution in [0.1, 0.15) is 17.0 Å². The number of allylic oxidation sites excluding steroid dienone is 1. The lowest BCUT2D eigenvalue weighted by atomic mass is 9.85. The van der Waals surface area contributed by atoms with Crippen molar-refractivity contribution in [2.75, 3.05) is 0 Å². The molecule has 0 radical (unpaired) electrons. The van der Waals surface area contributed by atoms with E-state index in [2.05, 4.69) is 16.3 Å². The average Bonchev–Trinajstić information content (AvgIpc) is 2.90. The molecule has 3 N–H and O–H groups in total. The molecular weight excluding hydrogens is 228 g/mol. The fraction of sp³-hybridized carbons (Fsp3) is 0.0769. The van der Waals surface area contributed by atoms with Gasteiger partial charge in [0.2, 0.25) is 5.88 Å². The van der Waals surface area contributed by atoms with E-state index in [1.165, 1.54) is 0 Å². The molecule has 0 fully saturated rings. The number of aromatic nitrogens is 2. The highest BCUT2D eigenvalue weighted by Gasteiger charge is 2.30. The number of hydrogen-bond donors (Lipinski definition) is 2. The molecule has 18 heavy (non-hydrogen) atoms. The zero-order chi connectivity index (χ0) is 12.5. The van der Waals surface area contributed by atoms with Crippen molar-refractivity contribution in [3.63, 3.8) is 0 Å². The number of nitrogens with one attached hydrogen (secondary N) is 1. The van der Waals surface area contributed by atoms with Crippen molar-refractivity contribution in [1.29, 1.82) is 5.26 Å². The van der Waals surface area contributed by atoms with Gasteiger partial charge in [0.1, 0.15) is 17.4 Å². The summed E-state index contributed by atoms with van der Waals surface area (Å²) in [7, 11) is 0. The molecule has 0 aliphatic carbocycles. The van der Waals surface area contributed by atoms with E-state index < -0.39 is 0 Å². The molecule has 3 rings (SSSR count). The molecule has 2 aromatic rings. The van der Waals surface area contributed by atoms with E-state index in [1.807, 2.05) is 24.3 Å². The lowest BCUT2D eigenvalue weighted by Crippen LogP contribution is -2.20. The number of ether oxygens (including phenoxy) is 1. The first-order valence-electron chi connectivity index (χ1n) is 5.46. The van der Waals surface area contributed by atoms with Crippen molar-refractivity contribution in [1.82, 2.24) is 10.2 Å². The Labute approximate surface area is 103 Å². The number of aromatic amines is 1. The maximum atomic E-state index is 9.26. The summed E-state index contributed by atoms with van der Waals surface area (Å²) < 4.78 is 5.47. The van der Waals surface area contributed by atoms with Crippen LogP contribution in [0.3, 0.4) is 0 Å². The normalized spacial score (nSPS) is 17.8. The Morgan fingerprint density at radius 2 is 2.22 bits per heavy atom. The molecule has 5 nitrogen and oxygen atoms in total. The number of fused-ring (bicyclic) bond motifs is 1. The molecule has 1 unspecified atom stereocenters. The minimum absolute atomic E-state index is 0.155. The number of nitrogens with two attached hydrogens (primary N) is 1. The van der Waals surface area contributed by atoms with Crippen molar-refractivity contribution in [2.45, 2.75) is 5.92 Å². The Hall–Kier alpha value is -2.74. The largest absolute Gasteiger partial charge is 0.440 e. The molecule has 5 heteroatoms. The Morgan fingerprint density at radius 3 is 2.94 bits per heavy atom. The summed E-state index contributed by atoms with van der Waals surface area (Å²) >= 11 is 0. The van der Waals surface area contributed by atoms with Crippen molar-refractivity contribution < 1.29 is 4.74 Å². The summed E-state index contributed by atoms with van der Waals surface area (Å²) in [5.74, 6) is 0.612. The number of H-pyrrole nitrogens is 1. The molecule has 0 amide bonds. The summed E-state index contributed by atoms with van der Waals surface area (Å²) in [4.78, 5) is 0. The van der Waals surface area contributed by atoms with E-state index in [4.69, 9.17) is 10.5 Å². The molecule has 1 aliphatic heterocycles. The van der Waals surface area contributed by atoms with E-state index in [-0.39, 0.29) is 11.8 Å². The van der Waals surface area contributed by atoms with Crippen LogP contribution < -0.4 is 10.5 Å². The summed E-state index contributed by atoms with van der Waals surface area (Å²) in [5, 5.41) is 15.9. The van der Waals surface area contributed by atoms with E-state index in [9.17, 15) is 5.26 Å². The van der Waals surface area contributed by atoms with E-state index >= 15 is 0 Å². The van der Waals surface area contributed by atoms with Gasteiger partial charge in [-0.25, -0.2) is 0 Å². The van der Waals surface area contributed by atoms with Crippen molar-refractivity contribution in [2.24, 2.45) is 5.73 Å². The molecule has 0 bridgehead atoms. The van der Waals surface area contributed by atoms with Crippen LogP contribution in [0.25, 0.3) is 0 Å². The van der Waals surface area contributed by atoms with Gasteiger partial charge in [-0.2, -0.15) is 10.4 Å². The fourth-order valence-electron chi connectivity index (χ4n) is 2.17. The quantitative estimate of drug-likeness (QED) is 0.790. The molecule has 2 heterocycles. The van der Waals surface area contributed by atoms with Gasteiger partial charge in [-0.15, -0.1) is 0 Å². The number of para-hydroxylation sites is 1. The monoisotopic (exact) mass is 238 g/mol.